The molecule has 1 heterocycles. The summed E-state index contributed by atoms with van der Waals surface area (Å²) in [5.41, 5.74) is 0.914. The number of phenolic OH excluding ortho intramolecular Hbond substituents is 1. The second-order valence-electron chi connectivity index (χ2n) is 3.84. The van der Waals surface area contributed by atoms with Crippen LogP contribution in [0.2, 0.25) is 0 Å². The van der Waals surface area contributed by atoms with Crippen LogP contribution < -0.4 is 0 Å². The lowest BCUT2D eigenvalue weighted by Crippen LogP contribution is -2.00. The van der Waals surface area contributed by atoms with Gasteiger partial charge in [0.2, 0.25) is 5.16 Å². The largest absolute Gasteiger partial charge is 0.508 e. The van der Waals surface area contributed by atoms with E-state index >= 15 is 0 Å². The van der Waals surface area contributed by atoms with Crippen LogP contribution in [0.3, 0.4) is 0 Å². The predicted octanol–water partition coefficient (Wildman–Crippen LogP) is 3.11. The molecular weight excluding hydrogens is 258 g/mol. The number of aromatic nitrogens is 3. The maximum Gasteiger partial charge on any atom is 0.209 e. The lowest BCUT2D eigenvalue weighted by Gasteiger charge is -2.02. The van der Waals surface area contributed by atoms with Crippen molar-refractivity contribution in [3.63, 3.8) is 0 Å². The van der Waals surface area contributed by atoms with Gasteiger partial charge in [0.15, 0.2) is 5.82 Å². The molecule has 19 heavy (non-hydrogen) atoms. The molecule has 2 rings (SSSR count). The SMILES string of the molecule is C=CCSc1nc(-c2ccc(O)cc2)n(CC=C)n1. The highest BCUT2D eigenvalue weighted by molar-refractivity contribution is 7.99. The first-order valence-corrected chi connectivity index (χ1v) is 6.82. The van der Waals surface area contributed by atoms with Gasteiger partial charge in [-0.3, -0.25) is 0 Å². The maximum atomic E-state index is 9.32. The van der Waals surface area contributed by atoms with Gasteiger partial charge in [-0.05, 0) is 24.3 Å². The Hall–Kier alpha value is -2.01. The zero-order valence-electron chi connectivity index (χ0n) is 10.5. The van der Waals surface area contributed by atoms with E-state index in [1.54, 1.807) is 22.9 Å². The highest BCUT2D eigenvalue weighted by Gasteiger charge is 2.11. The quantitative estimate of drug-likeness (QED) is 0.649. The van der Waals surface area contributed by atoms with Gasteiger partial charge in [0, 0.05) is 11.3 Å². The van der Waals surface area contributed by atoms with Crippen LogP contribution in [-0.2, 0) is 6.54 Å². The van der Waals surface area contributed by atoms with Crippen LogP contribution in [0.25, 0.3) is 11.4 Å². The third kappa shape index (κ3) is 3.26. The number of allylic oxidation sites excluding steroid dienone is 1. The van der Waals surface area contributed by atoms with E-state index < -0.39 is 0 Å². The zero-order valence-corrected chi connectivity index (χ0v) is 11.3. The molecule has 2 aromatic rings. The molecule has 0 aliphatic rings. The number of hydrogen-bond donors (Lipinski definition) is 1. The van der Waals surface area contributed by atoms with Crippen molar-refractivity contribution >= 4 is 11.8 Å². The number of thioether (sulfide) groups is 1. The van der Waals surface area contributed by atoms with E-state index in [1.807, 2.05) is 18.2 Å². The Labute approximate surface area is 116 Å². The van der Waals surface area contributed by atoms with Crippen molar-refractivity contribution in [2.45, 2.75) is 11.7 Å². The van der Waals surface area contributed by atoms with E-state index in [0.717, 1.165) is 17.1 Å². The van der Waals surface area contributed by atoms with Crippen molar-refractivity contribution in [2.24, 2.45) is 0 Å². The standard InChI is InChI=1S/C14H15N3OS/c1-3-9-17-13(11-5-7-12(18)8-6-11)15-14(16-17)19-10-4-2/h3-8,18H,1-2,9-10H2. The summed E-state index contributed by atoms with van der Waals surface area (Å²) < 4.78 is 1.80. The van der Waals surface area contributed by atoms with E-state index in [-0.39, 0.29) is 5.75 Å². The zero-order chi connectivity index (χ0) is 13.7. The molecule has 4 nitrogen and oxygen atoms in total. The average Bonchev–Trinajstić information content (AvgIpc) is 2.81. The van der Waals surface area contributed by atoms with Gasteiger partial charge in [0.1, 0.15) is 5.75 Å². The number of rotatable bonds is 6. The van der Waals surface area contributed by atoms with E-state index in [2.05, 4.69) is 23.2 Å². The summed E-state index contributed by atoms with van der Waals surface area (Å²) in [5, 5.41) is 14.5. The Kier molecular flexibility index (Phi) is 4.41. The molecule has 0 saturated carbocycles. The Morgan fingerprint density at radius 1 is 1.21 bits per heavy atom. The Balaban J connectivity index is 2.36. The molecular formula is C14H15N3OS. The number of aromatic hydroxyl groups is 1. The van der Waals surface area contributed by atoms with Gasteiger partial charge < -0.3 is 5.11 Å². The molecule has 1 aromatic heterocycles. The molecule has 0 saturated heterocycles. The van der Waals surface area contributed by atoms with E-state index in [4.69, 9.17) is 0 Å². The minimum Gasteiger partial charge on any atom is -0.508 e. The molecule has 0 spiro atoms. The van der Waals surface area contributed by atoms with Gasteiger partial charge in [0.05, 0.1) is 6.54 Å². The molecule has 98 valence electrons. The monoisotopic (exact) mass is 273 g/mol. The topological polar surface area (TPSA) is 50.9 Å². The van der Waals surface area contributed by atoms with Gasteiger partial charge in [-0.25, -0.2) is 9.67 Å². The Morgan fingerprint density at radius 3 is 2.58 bits per heavy atom. The van der Waals surface area contributed by atoms with Gasteiger partial charge >= 0.3 is 0 Å². The van der Waals surface area contributed by atoms with Crippen LogP contribution >= 0.6 is 11.8 Å². The molecule has 5 heteroatoms. The average molecular weight is 273 g/mol. The summed E-state index contributed by atoms with van der Waals surface area (Å²) >= 11 is 1.53. The summed E-state index contributed by atoms with van der Waals surface area (Å²) in [4.78, 5) is 4.50. The third-order valence-electron chi connectivity index (χ3n) is 2.41. The van der Waals surface area contributed by atoms with Crippen molar-refractivity contribution < 1.29 is 5.11 Å². The molecule has 0 aliphatic heterocycles. The number of phenols is 1. The first-order chi connectivity index (χ1) is 9.24. The number of benzene rings is 1. The van der Waals surface area contributed by atoms with Gasteiger partial charge in [0.25, 0.3) is 0 Å². The molecule has 1 N–H and O–H groups in total. The second-order valence-corrected chi connectivity index (χ2v) is 4.82. The smallest absolute Gasteiger partial charge is 0.209 e. The van der Waals surface area contributed by atoms with Crippen molar-refractivity contribution in [1.82, 2.24) is 14.8 Å². The minimum atomic E-state index is 0.236. The molecule has 0 fully saturated rings. The summed E-state index contributed by atoms with van der Waals surface area (Å²) in [6.07, 6.45) is 3.60. The minimum absolute atomic E-state index is 0.236. The first-order valence-electron chi connectivity index (χ1n) is 5.83. The summed E-state index contributed by atoms with van der Waals surface area (Å²) in [7, 11) is 0. The first kappa shape index (κ1) is 13.4. The van der Waals surface area contributed by atoms with Crippen molar-refractivity contribution in [2.75, 3.05) is 5.75 Å². The molecule has 0 radical (unpaired) electrons. The van der Waals surface area contributed by atoms with Crippen LogP contribution in [0.1, 0.15) is 0 Å². The molecule has 0 unspecified atom stereocenters. The lowest BCUT2D eigenvalue weighted by atomic mass is 10.2. The number of hydrogen-bond acceptors (Lipinski definition) is 4. The fourth-order valence-electron chi connectivity index (χ4n) is 1.59. The van der Waals surface area contributed by atoms with E-state index in [0.29, 0.717) is 11.7 Å². The highest BCUT2D eigenvalue weighted by Crippen LogP contribution is 2.23. The fourth-order valence-corrected chi connectivity index (χ4v) is 2.16. The molecule has 0 atom stereocenters. The maximum absolute atomic E-state index is 9.32. The van der Waals surface area contributed by atoms with Crippen LogP contribution in [0.4, 0.5) is 0 Å². The van der Waals surface area contributed by atoms with E-state index in [9.17, 15) is 5.11 Å². The van der Waals surface area contributed by atoms with Crippen LogP contribution in [0, 0.1) is 0 Å². The molecule has 0 bridgehead atoms. The predicted molar refractivity (Wildman–Crippen MR) is 78.2 cm³/mol. The van der Waals surface area contributed by atoms with Crippen molar-refractivity contribution in [3.05, 3.63) is 49.6 Å². The Morgan fingerprint density at radius 2 is 1.95 bits per heavy atom. The van der Waals surface area contributed by atoms with Gasteiger partial charge in [-0.1, -0.05) is 23.9 Å². The summed E-state index contributed by atoms with van der Waals surface area (Å²) in [5.74, 6) is 1.78. The fraction of sp³-hybridized carbons (Fsp3) is 0.143. The van der Waals surface area contributed by atoms with Crippen LogP contribution in [0.5, 0.6) is 5.75 Å². The van der Waals surface area contributed by atoms with Crippen molar-refractivity contribution in [3.8, 4) is 17.1 Å². The van der Waals surface area contributed by atoms with Gasteiger partial charge in [-0.2, -0.15) is 0 Å². The summed E-state index contributed by atoms with van der Waals surface area (Å²) in [6, 6.07) is 6.92. The van der Waals surface area contributed by atoms with Crippen molar-refractivity contribution in [1.29, 1.82) is 0 Å². The number of nitrogens with zero attached hydrogens (tertiary/aromatic N) is 3. The molecule has 1 aromatic carbocycles. The Bertz CT molecular complexity index is 575. The van der Waals surface area contributed by atoms with Gasteiger partial charge in [-0.15, -0.1) is 18.3 Å². The lowest BCUT2D eigenvalue weighted by molar-refractivity contribution is 0.475. The highest BCUT2D eigenvalue weighted by atomic mass is 32.2. The van der Waals surface area contributed by atoms with Crippen LogP contribution in [-0.4, -0.2) is 25.6 Å². The second kappa shape index (κ2) is 6.24. The summed E-state index contributed by atoms with van der Waals surface area (Å²) in [6.45, 7) is 8.00. The third-order valence-corrected chi connectivity index (χ3v) is 3.24. The molecule has 0 aliphatic carbocycles. The molecule has 0 amide bonds. The van der Waals surface area contributed by atoms with Crippen LogP contribution in [0.15, 0.2) is 54.7 Å². The van der Waals surface area contributed by atoms with E-state index in [1.165, 1.54) is 11.8 Å². The normalized spacial score (nSPS) is 10.3.